The first-order valence-electron chi connectivity index (χ1n) is 25.6. The van der Waals surface area contributed by atoms with Crippen LogP contribution in [0.25, 0.3) is 0 Å². The van der Waals surface area contributed by atoms with Gasteiger partial charge in [-0.25, -0.2) is 0 Å². The van der Waals surface area contributed by atoms with Crippen molar-refractivity contribution in [3.63, 3.8) is 0 Å². The fraction of sp³-hybridized carbons (Fsp3) is 0.889. The van der Waals surface area contributed by atoms with Crippen LogP contribution in [0.5, 0.6) is 0 Å². The predicted octanol–water partition coefficient (Wildman–Crippen LogP) is 14.2. The van der Waals surface area contributed by atoms with E-state index in [0.29, 0.717) is 50.0 Å². The molecule has 0 heterocycles. The second-order valence-corrected chi connectivity index (χ2v) is 21.1. The largest absolute Gasteiger partial charge is 0.379 e. The van der Waals surface area contributed by atoms with E-state index in [-0.39, 0.29) is 6.10 Å². The third-order valence-electron chi connectivity index (χ3n) is 15.8. The topological polar surface area (TPSA) is 40.2 Å². The summed E-state index contributed by atoms with van der Waals surface area (Å²) < 4.78 is 24.8. The molecular weight excluding hydrogens is 727 g/mol. The molecule has 0 amide bonds. The number of hydrogen-bond donors (Lipinski definition) is 0. The molecule has 9 atom stereocenters. The minimum atomic E-state index is 0.0745. The first-order valence-corrected chi connectivity index (χ1v) is 25.6. The molecule has 0 aromatic carbocycles. The second-order valence-electron chi connectivity index (χ2n) is 21.1. The van der Waals surface area contributed by atoms with Gasteiger partial charge in [0.1, 0.15) is 0 Å². The first-order chi connectivity index (χ1) is 28.6. The molecule has 4 aliphatic carbocycles. The highest BCUT2D eigenvalue weighted by molar-refractivity contribution is 5.25. The van der Waals surface area contributed by atoms with E-state index in [9.17, 15) is 0 Å². The summed E-state index contributed by atoms with van der Waals surface area (Å²) in [6.45, 7) is 19.9. The van der Waals surface area contributed by atoms with Gasteiger partial charge in [0.25, 0.3) is 0 Å². The van der Waals surface area contributed by atoms with Gasteiger partial charge in [-0.15, -0.1) is 0 Å². The van der Waals surface area contributed by atoms with Crippen LogP contribution >= 0.6 is 0 Å². The van der Waals surface area contributed by atoms with E-state index in [1.54, 1.807) is 5.57 Å². The van der Waals surface area contributed by atoms with Crippen molar-refractivity contribution in [2.45, 2.75) is 201 Å². The minimum absolute atomic E-state index is 0.0745. The van der Waals surface area contributed by atoms with Crippen LogP contribution in [0.1, 0.15) is 189 Å². The average Bonchev–Trinajstić information content (AvgIpc) is 3.57. The molecule has 0 aromatic heterocycles. The number of unbranched alkanes of at least 4 members (excludes halogenated alkanes) is 9. The van der Waals surface area contributed by atoms with Crippen molar-refractivity contribution in [3.05, 3.63) is 36.0 Å². The number of hydrogen-bond acceptors (Lipinski definition) is 5. The Bertz CT molecular complexity index is 1190. The van der Waals surface area contributed by atoms with Crippen LogP contribution in [-0.4, -0.2) is 77.4 Å². The van der Waals surface area contributed by atoms with Gasteiger partial charge in [-0.2, -0.15) is 0 Å². The third-order valence-corrected chi connectivity index (χ3v) is 15.8. The molecule has 4 aliphatic rings. The molecule has 342 valence electrons. The van der Waals surface area contributed by atoms with Gasteiger partial charge in [0.2, 0.25) is 0 Å². The summed E-state index contributed by atoms with van der Waals surface area (Å²) in [5.41, 5.74) is 2.67. The Hall–Kier alpha value is -0.980. The Morgan fingerprint density at radius 1 is 0.729 bits per heavy atom. The van der Waals surface area contributed by atoms with E-state index in [2.05, 4.69) is 90.9 Å². The Morgan fingerprint density at radius 2 is 1.46 bits per heavy atom. The van der Waals surface area contributed by atoms with E-state index in [0.717, 1.165) is 67.9 Å². The summed E-state index contributed by atoms with van der Waals surface area (Å²) >= 11 is 0. The van der Waals surface area contributed by atoms with Gasteiger partial charge in [-0.1, -0.05) is 135 Å². The molecule has 0 saturated heterocycles. The summed E-state index contributed by atoms with van der Waals surface area (Å²) in [5.74, 6) is 5.36. The maximum absolute atomic E-state index is 6.47. The number of nitrogens with zero attached hydrogens (tertiary/aromatic N) is 1. The van der Waals surface area contributed by atoms with Crippen LogP contribution < -0.4 is 0 Å². The Labute approximate surface area is 366 Å². The van der Waals surface area contributed by atoms with Gasteiger partial charge in [-0.3, -0.25) is 0 Å². The number of likely N-dealkylation sites (N-methyl/N-ethyl adjacent to an activating group) is 1. The van der Waals surface area contributed by atoms with Crippen LogP contribution in [0.3, 0.4) is 0 Å². The molecule has 5 nitrogen and oxygen atoms in total. The fourth-order valence-corrected chi connectivity index (χ4v) is 12.4. The lowest BCUT2D eigenvalue weighted by molar-refractivity contribution is -0.0727. The van der Waals surface area contributed by atoms with Crippen LogP contribution in [0, 0.1) is 46.3 Å². The van der Waals surface area contributed by atoms with Gasteiger partial charge in [0, 0.05) is 13.2 Å². The van der Waals surface area contributed by atoms with Crippen LogP contribution in [0.4, 0.5) is 0 Å². The Morgan fingerprint density at radius 3 is 2.20 bits per heavy atom. The number of rotatable bonds is 32. The highest BCUT2D eigenvalue weighted by Crippen LogP contribution is 2.67. The smallest absolute Gasteiger partial charge is 0.0935 e. The first kappa shape index (κ1) is 50.7. The average molecular weight is 824 g/mol. The van der Waals surface area contributed by atoms with Crippen molar-refractivity contribution in [1.29, 1.82) is 0 Å². The molecule has 59 heavy (non-hydrogen) atoms. The second kappa shape index (κ2) is 27.9. The molecule has 3 fully saturated rings. The fourth-order valence-electron chi connectivity index (χ4n) is 12.4. The van der Waals surface area contributed by atoms with Crippen LogP contribution in [-0.2, 0) is 18.9 Å². The lowest BCUT2D eigenvalue weighted by atomic mass is 9.47. The summed E-state index contributed by atoms with van der Waals surface area (Å²) in [5, 5.41) is 0. The monoisotopic (exact) mass is 824 g/mol. The van der Waals surface area contributed by atoms with Crippen molar-refractivity contribution in [2.24, 2.45) is 46.3 Å². The number of fused-ring (bicyclic) bond motifs is 5. The van der Waals surface area contributed by atoms with Crippen LogP contribution in [0.15, 0.2) is 36.0 Å². The van der Waals surface area contributed by atoms with Gasteiger partial charge in [0.15, 0.2) is 0 Å². The quantitative estimate of drug-likeness (QED) is 0.0499. The van der Waals surface area contributed by atoms with Crippen molar-refractivity contribution >= 4 is 0 Å². The predicted molar refractivity (Wildman–Crippen MR) is 252 cm³/mol. The maximum atomic E-state index is 6.47. The summed E-state index contributed by atoms with van der Waals surface area (Å²) in [4.78, 5) is 2.19. The molecule has 0 aromatic rings. The molecule has 0 N–H and O–H groups in total. The third kappa shape index (κ3) is 16.9. The zero-order chi connectivity index (χ0) is 42.4. The summed E-state index contributed by atoms with van der Waals surface area (Å²) in [7, 11) is 4.21. The van der Waals surface area contributed by atoms with E-state index in [1.165, 1.54) is 128 Å². The van der Waals surface area contributed by atoms with E-state index in [4.69, 9.17) is 18.9 Å². The number of ether oxygens (including phenoxy) is 4. The lowest BCUT2D eigenvalue weighted by Crippen LogP contribution is -2.51. The number of allylic oxidation sites excluding steroid dienone is 5. The maximum Gasteiger partial charge on any atom is 0.0935 e. The van der Waals surface area contributed by atoms with E-state index >= 15 is 0 Å². The zero-order valence-corrected chi connectivity index (χ0v) is 40.3. The molecule has 0 bridgehead atoms. The standard InChI is InChI=1S/C54H97NO4/c1-9-10-11-12-13-14-15-16-17-18-19-20-21-22-23-24-36-57-43-48(42-55(7)8)59-40-38-56-37-39-58-47-32-34-53(5)46(41-47)28-29-49-51-31-30-50(45(4)27-25-26-44(2)3)54(51,6)35-33-52(49)53/h13-14,16-17,28,44-45,47-52H,9-12,15,18-27,29-43H2,1-8H3. The van der Waals surface area contributed by atoms with E-state index < -0.39 is 0 Å². The molecular formula is C54H97NO4. The highest BCUT2D eigenvalue weighted by atomic mass is 16.6. The highest BCUT2D eigenvalue weighted by Gasteiger charge is 2.59. The summed E-state index contributed by atoms with van der Waals surface area (Å²) in [6, 6.07) is 0. The zero-order valence-electron chi connectivity index (χ0n) is 40.3. The SMILES string of the molecule is CCCCCC=CCC=CCCCCCCCCOCC(CN(C)C)OCCOCCOC1CCC2(C)C(=CCC3C2CCC2(C)C(C(C)CCCC(C)C)CCC32)C1. The molecule has 0 radical (unpaired) electrons. The van der Waals surface area contributed by atoms with Crippen molar-refractivity contribution in [3.8, 4) is 0 Å². The minimum Gasteiger partial charge on any atom is -0.379 e. The van der Waals surface area contributed by atoms with Gasteiger partial charge in [0.05, 0.1) is 45.2 Å². The molecule has 4 rings (SSSR count). The molecule has 0 aliphatic heterocycles. The summed E-state index contributed by atoms with van der Waals surface area (Å²) in [6.07, 6.45) is 42.8. The van der Waals surface area contributed by atoms with E-state index in [1.807, 2.05) is 0 Å². The Kier molecular flexibility index (Phi) is 24.0. The molecule has 9 unspecified atom stereocenters. The van der Waals surface area contributed by atoms with Crippen molar-refractivity contribution in [1.82, 2.24) is 4.90 Å². The van der Waals surface area contributed by atoms with Crippen molar-refractivity contribution in [2.75, 3.05) is 60.3 Å². The molecule has 3 saturated carbocycles. The van der Waals surface area contributed by atoms with Gasteiger partial charge >= 0.3 is 0 Å². The van der Waals surface area contributed by atoms with Gasteiger partial charge in [-0.05, 0) is 150 Å². The molecule has 5 heteroatoms. The Balaban J connectivity index is 1.02. The van der Waals surface area contributed by atoms with Crippen LogP contribution in [0.2, 0.25) is 0 Å². The normalized spacial score (nSPS) is 29.3. The van der Waals surface area contributed by atoms with Gasteiger partial charge < -0.3 is 23.8 Å². The molecule has 0 spiro atoms. The van der Waals surface area contributed by atoms with Crippen molar-refractivity contribution < 1.29 is 18.9 Å². The lowest BCUT2D eigenvalue weighted by Gasteiger charge is -2.58.